The molecular weight excluding hydrogens is 550 g/mol. The first kappa shape index (κ1) is 26.0. The summed E-state index contributed by atoms with van der Waals surface area (Å²) in [6.45, 7) is 0.576. The van der Waals surface area contributed by atoms with Crippen LogP contribution in [0.4, 0.5) is 8.78 Å². The lowest BCUT2D eigenvalue weighted by Crippen LogP contribution is -2.65. The number of halogens is 2. The molecule has 3 saturated heterocycles. The van der Waals surface area contributed by atoms with E-state index in [2.05, 4.69) is 9.80 Å². The van der Waals surface area contributed by atoms with Crippen molar-refractivity contribution in [3.8, 4) is 0 Å². The summed E-state index contributed by atoms with van der Waals surface area (Å²) in [5.41, 5.74) is -0.0583. The normalized spacial score (nSPS) is 29.9. The Morgan fingerprint density at radius 1 is 0.881 bits per heavy atom. The van der Waals surface area contributed by atoms with Gasteiger partial charge in [0.15, 0.2) is 11.6 Å². The Balaban J connectivity index is 1.48. The number of nitrogens with zero attached hydrogens (tertiary/aromatic N) is 2. The molecule has 1 aliphatic carbocycles. The molecule has 4 aliphatic rings. The minimum Gasteiger partial charge on any atom is -0.301 e. The van der Waals surface area contributed by atoms with Crippen molar-refractivity contribution in [2.24, 2.45) is 5.41 Å². The van der Waals surface area contributed by atoms with Crippen molar-refractivity contribution in [3.63, 3.8) is 0 Å². The Morgan fingerprint density at radius 3 is 2.40 bits per heavy atom. The van der Waals surface area contributed by atoms with Crippen molar-refractivity contribution < 1.29 is 18.4 Å². The highest BCUT2D eigenvalue weighted by Crippen LogP contribution is 2.69. The van der Waals surface area contributed by atoms with Gasteiger partial charge in [0.05, 0.1) is 5.41 Å². The van der Waals surface area contributed by atoms with E-state index < -0.39 is 22.7 Å². The van der Waals surface area contributed by atoms with E-state index in [4.69, 9.17) is 0 Å². The zero-order valence-corrected chi connectivity index (χ0v) is 23.8. The molecule has 0 radical (unpaired) electrons. The Morgan fingerprint density at radius 2 is 1.62 bits per heavy atom. The van der Waals surface area contributed by atoms with Crippen LogP contribution in [0.3, 0.4) is 0 Å². The number of hydrogen-bond acceptors (Lipinski definition) is 5. The monoisotopic (exact) mass is 578 g/mol. The van der Waals surface area contributed by atoms with Gasteiger partial charge in [-0.1, -0.05) is 72.8 Å². The first-order valence-corrected chi connectivity index (χ1v) is 15.4. The van der Waals surface area contributed by atoms with Crippen molar-refractivity contribution >= 4 is 40.2 Å². The lowest BCUT2D eigenvalue weighted by molar-refractivity contribution is -0.134. The lowest BCUT2D eigenvalue weighted by Gasteiger charge is -2.51. The van der Waals surface area contributed by atoms with Crippen molar-refractivity contribution in [1.29, 1.82) is 0 Å². The van der Waals surface area contributed by atoms with E-state index in [0.29, 0.717) is 40.4 Å². The third-order valence-corrected chi connectivity index (χ3v) is 10.9. The summed E-state index contributed by atoms with van der Waals surface area (Å²) in [7, 11) is 1.93. The van der Waals surface area contributed by atoms with E-state index in [9.17, 15) is 4.39 Å². The summed E-state index contributed by atoms with van der Waals surface area (Å²) in [6.07, 6.45) is 1.63. The third kappa shape index (κ3) is 3.14. The molecule has 8 rings (SSSR count). The number of carbonyl (C=O) groups excluding carboxylic acids is 2. The van der Waals surface area contributed by atoms with Crippen LogP contribution in [0.5, 0.6) is 0 Å². The quantitative estimate of drug-likeness (QED) is 0.263. The molecule has 0 aromatic heterocycles. The van der Waals surface area contributed by atoms with E-state index in [1.54, 1.807) is 48.2 Å². The largest absolute Gasteiger partial charge is 0.301 e. The van der Waals surface area contributed by atoms with Gasteiger partial charge in [-0.15, -0.1) is 11.8 Å². The van der Waals surface area contributed by atoms with Gasteiger partial charge in [-0.25, -0.2) is 8.78 Å². The Kier molecular flexibility index (Phi) is 5.68. The molecule has 3 aliphatic heterocycles. The summed E-state index contributed by atoms with van der Waals surface area (Å²) in [6, 6.07) is 24.5. The van der Waals surface area contributed by atoms with Crippen LogP contribution in [0.15, 0.2) is 90.5 Å². The maximum Gasteiger partial charge on any atom is 0.189 e. The van der Waals surface area contributed by atoms with E-state index in [1.807, 2.05) is 49.5 Å². The number of Topliss-reactive ketones (excluding diaryl/α,β-unsaturated/α-hetero) is 2. The number of carbonyl (C=O) groups is 2. The molecule has 42 heavy (non-hydrogen) atoms. The minimum atomic E-state index is -1.35. The number of benzene rings is 4. The number of fused-ring (bicyclic) bond motifs is 4. The number of likely N-dealkylation sites (tertiary alicyclic amines) is 1. The number of piperidine rings is 1. The maximum atomic E-state index is 15.9. The number of hydrogen-bond donors (Lipinski definition) is 0. The maximum absolute atomic E-state index is 15.9. The molecule has 7 heteroatoms. The number of ketones is 2. The first-order chi connectivity index (χ1) is 20.4. The van der Waals surface area contributed by atoms with Gasteiger partial charge in [-0.2, -0.15) is 0 Å². The fourth-order valence-corrected chi connectivity index (χ4v) is 9.88. The summed E-state index contributed by atoms with van der Waals surface area (Å²) in [4.78, 5) is 34.8. The van der Waals surface area contributed by atoms with Gasteiger partial charge in [0.25, 0.3) is 0 Å². The molecule has 0 amide bonds. The molecule has 3 heterocycles. The molecule has 4 aromatic rings. The van der Waals surface area contributed by atoms with Crippen molar-refractivity contribution in [1.82, 2.24) is 9.80 Å². The molecule has 3 fully saturated rings. The second kappa shape index (κ2) is 9.17. The Labute approximate surface area is 247 Å². The topological polar surface area (TPSA) is 40.6 Å². The highest BCUT2D eigenvalue weighted by molar-refractivity contribution is 7.99. The molecule has 4 nitrogen and oxygen atoms in total. The fourth-order valence-electron chi connectivity index (χ4n) is 8.58. The highest BCUT2D eigenvalue weighted by Gasteiger charge is 2.78. The van der Waals surface area contributed by atoms with Crippen LogP contribution in [0.2, 0.25) is 0 Å². The van der Waals surface area contributed by atoms with Gasteiger partial charge in [-0.3, -0.25) is 14.5 Å². The number of thioether (sulfide) groups is 1. The smallest absolute Gasteiger partial charge is 0.189 e. The molecule has 210 valence electrons. The summed E-state index contributed by atoms with van der Waals surface area (Å²) in [5.74, 6) is -0.469. The predicted octanol–water partition coefficient (Wildman–Crippen LogP) is 6.27. The summed E-state index contributed by atoms with van der Waals surface area (Å²) < 4.78 is 30.8. The first-order valence-electron chi connectivity index (χ1n) is 14.2. The van der Waals surface area contributed by atoms with E-state index in [1.165, 1.54) is 12.1 Å². The minimum absolute atomic E-state index is 0.102. The molecule has 0 saturated carbocycles. The highest BCUT2D eigenvalue weighted by atomic mass is 32.2. The van der Waals surface area contributed by atoms with Crippen LogP contribution in [0.25, 0.3) is 16.8 Å². The van der Waals surface area contributed by atoms with Crippen LogP contribution in [-0.4, -0.2) is 59.2 Å². The molecule has 0 bridgehead atoms. The van der Waals surface area contributed by atoms with E-state index in [-0.39, 0.29) is 30.0 Å². The van der Waals surface area contributed by atoms with Crippen LogP contribution in [0.1, 0.15) is 33.0 Å². The lowest BCUT2D eigenvalue weighted by atomic mass is 9.55. The average Bonchev–Trinajstić information content (AvgIpc) is 3.62. The third-order valence-electron chi connectivity index (χ3n) is 9.91. The van der Waals surface area contributed by atoms with Crippen LogP contribution in [0, 0.1) is 17.0 Å². The van der Waals surface area contributed by atoms with E-state index in [0.717, 1.165) is 16.3 Å². The Hall–Kier alpha value is -3.65. The van der Waals surface area contributed by atoms with Crippen LogP contribution in [-0.2, 0) is 10.3 Å². The molecule has 2 spiro atoms. The molecule has 4 atom stereocenters. The van der Waals surface area contributed by atoms with Crippen molar-refractivity contribution in [2.45, 2.75) is 17.5 Å². The Bertz CT molecular complexity index is 1850. The van der Waals surface area contributed by atoms with Gasteiger partial charge >= 0.3 is 0 Å². The van der Waals surface area contributed by atoms with Gasteiger partial charge < -0.3 is 4.90 Å². The molecule has 0 N–H and O–H groups in total. The van der Waals surface area contributed by atoms with Crippen molar-refractivity contribution in [2.75, 3.05) is 31.8 Å². The van der Waals surface area contributed by atoms with Crippen LogP contribution >= 0.6 is 11.8 Å². The zero-order chi connectivity index (χ0) is 28.8. The standard InChI is InChI=1S/C35H28F2N2O2S/c1-38-17-23(16-22-8-2-4-14-27(22)36)32(40)34(19-38)31(24-11-3-5-15-28(24)37)29-18-42-20-39(29)35(34)26-13-7-10-21-9-6-12-25(30(21)26)33(35)41/h2-16,29,31H,17-20H2,1H3/b23-16+/t29-,31-,34-,35-/m0/s1. The SMILES string of the molecule is CN1C/C(=C\c2ccccc2F)C(=O)[C@]2(C1)[C@@H](c1ccccc1F)[C@@H]1CSCN1[C@@]21C(=O)c2cccc3cccc1c23. The van der Waals surface area contributed by atoms with Gasteiger partial charge in [0, 0.05) is 53.4 Å². The second-order valence-electron chi connectivity index (χ2n) is 11.9. The predicted molar refractivity (Wildman–Crippen MR) is 161 cm³/mol. The summed E-state index contributed by atoms with van der Waals surface area (Å²) >= 11 is 1.72. The molecule has 4 aromatic carbocycles. The molecule has 0 unspecified atom stereocenters. The fraction of sp³-hybridized carbons (Fsp3) is 0.257. The zero-order valence-electron chi connectivity index (χ0n) is 23.0. The van der Waals surface area contributed by atoms with Crippen molar-refractivity contribution in [3.05, 3.63) is 124 Å². The average molecular weight is 579 g/mol. The number of rotatable bonds is 2. The summed E-state index contributed by atoms with van der Waals surface area (Å²) in [5, 5.41) is 1.82. The van der Waals surface area contributed by atoms with Gasteiger partial charge in [-0.05, 0) is 47.2 Å². The van der Waals surface area contributed by atoms with Crippen LogP contribution < -0.4 is 0 Å². The van der Waals surface area contributed by atoms with E-state index >= 15 is 14.0 Å². The van der Waals surface area contributed by atoms with Gasteiger partial charge in [0.1, 0.15) is 17.2 Å². The number of likely N-dealkylation sites (N-methyl/N-ethyl adjacent to an activating group) is 1. The van der Waals surface area contributed by atoms with Gasteiger partial charge in [0.2, 0.25) is 0 Å². The molecular formula is C35H28F2N2O2S. The second-order valence-corrected chi connectivity index (χ2v) is 12.9.